The zero-order chi connectivity index (χ0) is 14.5. The smallest absolute Gasteiger partial charge is 0.218 e. The number of benzene rings is 1. The number of hydrogen-bond acceptors (Lipinski definition) is 3. The fourth-order valence-corrected chi connectivity index (χ4v) is 1.87. The van der Waals surface area contributed by atoms with Gasteiger partial charge in [0.05, 0.1) is 11.6 Å². The number of thiocarbonyl (C=S) groups is 1. The monoisotopic (exact) mass is 286 g/mol. The second kappa shape index (κ2) is 6.12. The molecule has 2 rings (SSSR count). The van der Waals surface area contributed by atoms with Gasteiger partial charge in [-0.2, -0.15) is 0 Å². The van der Waals surface area contributed by atoms with E-state index in [0.717, 1.165) is 10.9 Å². The molecule has 0 spiro atoms. The summed E-state index contributed by atoms with van der Waals surface area (Å²) >= 11 is 5.04. The molecule has 0 aliphatic carbocycles. The van der Waals surface area contributed by atoms with Crippen LogP contribution < -0.4 is 5.32 Å². The maximum atomic E-state index is 9.82. The molecule has 0 saturated heterocycles. The Morgan fingerprint density at radius 2 is 2.05 bits per heavy atom. The number of nitrogens with zero attached hydrogens (tertiary/aromatic N) is 2. The van der Waals surface area contributed by atoms with E-state index < -0.39 is 0 Å². The fourth-order valence-electron chi connectivity index (χ4n) is 1.70. The minimum absolute atomic E-state index is 0.0401. The zero-order valence-electron chi connectivity index (χ0n) is 10.7. The highest BCUT2D eigenvalue weighted by Crippen LogP contribution is 2.35. The van der Waals surface area contributed by atoms with Crippen LogP contribution in [0.1, 0.15) is 0 Å². The fraction of sp³-hybridized carbons (Fsp3) is 0.0714. The molecular formula is C14H14N4OS. The highest BCUT2D eigenvalue weighted by molar-refractivity contribution is 7.80. The van der Waals surface area contributed by atoms with Gasteiger partial charge in [0, 0.05) is 5.39 Å². The quantitative estimate of drug-likeness (QED) is 0.457. The van der Waals surface area contributed by atoms with Gasteiger partial charge in [-0.15, -0.1) is 23.4 Å². The van der Waals surface area contributed by atoms with Gasteiger partial charge in [0.15, 0.2) is 5.69 Å². The molecule has 5 nitrogen and oxygen atoms in total. The Labute approximate surface area is 121 Å². The number of aromatic nitrogens is 1. The minimum atomic E-state index is -0.169. The normalized spacial score (nSPS) is 11.1. The number of rotatable bonds is 4. The van der Waals surface area contributed by atoms with Crippen molar-refractivity contribution in [2.75, 3.05) is 0 Å². The molecule has 0 radical (unpaired) electrons. The van der Waals surface area contributed by atoms with Gasteiger partial charge in [-0.1, -0.05) is 30.4 Å². The van der Waals surface area contributed by atoms with E-state index in [1.807, 2.05) is 24.3 Å². The maximum absolute atomic E-state index is 9.82. The van der Waals surface area contributed by atoms with E-state index in [4.69, 9.17) is 12.2 Å². The number of azo groups is 1. The standard InChI is InChI=1S/C14H14N4OS/c1-3-9(4-2)15-14(20)18-17-12-10-7-5-6-8-11(10)16-13(12)19/h3-9,16,19H,1-2H2,(H,15,20). The first-order valence-electron chi connectivity index (χ1n) is 5.92. The van der Waals surface area contributed by atoms with Gasteiger partial charge >= 0.3 is 0 Å². The van der Waals surface area contributed by atoms with Crippen molar-refractivity contribution >= 4 is 33.9 Å². The lowest BCUT2D eigenvalue weighted by molar-refractivity contribution is 0.459. The summed E-state index contributed by atoms with van der Waals surface area (Å²) < 4.78 is 0. The first-order valence-corrected chi connectivity index (χ1v) is 6.33. The Kier molecular flexibility index (Phi) is 4.27. The maximum Gasteiger partial charge on any atom is 0.218 e. The van der Waals surface area contributed by atoms with E-state index >= 15 is 0 Å². The van der Waals surface area contributed by atoms with Crippen molar-refractivity contribution in [3.05, 3.63) is 49.6 Å². The summed E-state index contributed by atoms with van der Waals surface area (Å²) in [5.74, 6) is -0.0401. The van der Waals surface area contributed by atoms with Gasteiger partial charge < -0.3 is 15.4 Å². The van der Waals surface area contributed by atoms with E-state index in [1.54, 1.807) is 12.2 Å². The summed E-state index contributed by atoms with van der Waals surface area (Å²) in [6.45, 7) is 7.28. The van der Waals surface area contributed by atoms with Crippen LogP contribution in [0.5, 0.6) is 5.88 Å². The average Bonchev–Trinajstić information content (AvgIpc) is 2.78. The molecule has 0 aliphatic heterocycles. The largest absolute Gasteiger partial charge is 0.493 e. The second-order valence-corrected chi connectivity index (χ2v) is 4.40. The Morgan fingerprint density at radius 1 is 1.35 bits per heavy atom. The van der Waals surface area contributed by atoms with Gasteiger partial charge in [0.2, 0.25) is 11.0 Å². The van der Waals surface area contributed by atoms with Crippen molar-refractivity contribution in [1.29, 1.82) is 0 Å². The van der Waals surface area contributed by atoms with Gasteiger partial charge in [0.25, 0.3) is 0 Å². The molecule has 0 unspecified atom stereocenters. The Balaban J connectivity index is 2.21. The van der Waals surface area contributed by atoms with Crippen LogP contribution in [-0.2, 0) is 0 Å². The molecule has 1 aromatic carbocycles. The molecule has 1 heterocycles. The predicted molar refractivity (Wildman–Crippen MR) is 84.4 cm³/mol. The molecule has 0 bridgehead atoms. The van der Waals surface area contributed by atoms with Crippen LogP contribution in [0.15, 0.2) is 59.8 Å². The molecule has 0 saturated carbocycles. The summed E-state index contributed by atoms with van der Waals surface area (Å²) in [4.78, 5) is 2.82. The van der Waals surface area contributed by atoms with Gasteiger partial charge in [-0.25, -0.2) is 0 Å². The third-order valence-electron chi connectivity index (χ3n) is 2.70. The molecule has 3 N–H and O–H groups in total. The van der Waals surface area contributed by atoms with E-state index in [9.17, 15) is 5.11 Å². The highest BCUT2D eigenvalue weighted by Gasteiger charge is 2.09. The number of H-pyrrole nitrogens is 1. The molecule has 0 aliphatic rings. The summed E-state index contributed by atoms with van der Waals surface area (Å²) in [5.41, 5.74) is 1.14. The predicted octanol–water partition coefficient (Wildman–Crippen LogP) is 3.57. The molecule has 1 aromatic heterocycles. The topological polar surface area (TPSA) is 72.8 Å². The summed E-state index contributed by atoms with van der Waals surface area (Å²) in [6.07, 6.45) is 3.30. The second-order valence-electron chi connectivity index (χ2n) is 4.01. The van der Waals surface area contributed by atoms with Gasteiger partial charge in [-0.3, -0.25) is 0 Å². The van der Waals surface area contributed by atoms with E-state index in [1.165, 1.54) is 0 Å². The van der Waals surface area contributed by atoms with Crippen LogP contribution in [0.25, 0.3) is 10.9 Å². The molecule has 102 valence electrons. The van der Waals surface area contributed by atoms with E-state index in [0.29, 0.717) is 5.69 Å². The highest BCUT2D eigenvalue weighted by atomic mass is 32.1. The third kappa shape index (κ3) is 2.92. The molecule has 6 heteroatoms. The Morgan fingerprint density at radius 3 is 2.75 bits per heavy atom. The van der Waals surface area contributed by atoms with Crippen LogP contribution >= 0.6 is 12.2 Å². The Bertz CT molecular complexity index is 682. The number of aromatic amines is 1. The van der Waals surface area contributed by atoms with Crippen LogP contribution in [0.4, 0.5) is 5.69 Å². The summed E-state index contributed by atoms with van der Waals surface area (Å²) in [7, 11) is 0. The van der Waals surface area contributed by atoms with Crippen molar-refractivity contribution in [1.82, 2.24) is 10.3 Å². The van der Waals surface area contributed by atoms with Crippen LogP contribution in [0, 0.1) is 0 Å². The van der Waals surface area contributed by atoms with Gasteiger partial charge in [0.1, 0.15) is 0 Å². The lowest BCUT2D eigenvalue weighted by Gasteiger charge is -2.07. The van der Waals surface area contributed by atoms with Crippen molar-refractivity contribution < 1.29 is 5.11 Å². The van der Waals surface area contributed by atoms with Crippen molar-refractivity contribution in [3.8, 4) is 5.88 Å². The number of para-hydroxylation sites is 1. The molecule has 2 aromatic rings. The molecule has 0 atom stereocenters. The van der Waals surface area contributed by atoms with Crippen molar-refractivity contribution in [2.24, 2.45) is 10.2 Å². The van der Waals surface area contributed by atoms with Crippen LogP contribution in [-0.4, -0.2) is 21.2 Å². The van der Waals surface area contributed by atoms with Gasteiger partial charge in [-0.05, 0) is 18.3 Å². The van der Waals surface area contributed by atoms with Crippen molar-refractivity contribution in [3.63, 3.8) is 0 Å². The van der Waals surface area contributed by atoms with Crippen molar-refractivity contribution in [2.45, 2.75) is 6.04 Å². The molecular weight excluding hydrogens is 272 g/mol. The summed E-state index contributed by atoms with van der Waals surface area (Å²) in [5, 5.41) is 21.5. The Hall–Kier alpha value is -2.47. The van der Waals surface area contributed by atoms with E-state index in [-0.39, 0.29) is 17.0 Å². The SMILES string of the molecule is C=CC(C=C)NC(=S)N=Nc1c(O)[nH]c2ccccc12. The zero-order valence-corrected chi connectivity index (χ0v) is 11.5. The molecule has 0 amide bonds. The number of fused-ring (bicyclic) bond motifs is 1. The first-order chi connectivity index (χ1) is 9.65. The van der Waals surface area contributed by atoms with E-state index in [2.05, 4.69) is 33.7 Å². The lowest BCUT2D eigenvalue weighted by Crippen LogP contribution is -2.28. The summed E-state index contributed by atoms with van der Waals surface area (Å²) in [6, 6.07) is 7.24. The lowest BCUT2D eigenvalue weighted by atomic mass is 10.2. The average molecular weight is 286 g/mol. The number of hydrogen-bond donors (Lipinski definition) is 3. The molecule has 0 fully saturated rings. The first kappa shape index (κ1) is 14.0. The van der Waals surface area contributed by atoms with Crippen LogP contribution in [0.3, 0.4) is 0 Å². The minimum Gasteiger partial charge on any atom is -0.493 e. The molecule has 20 heavy (non-hydrogen) atoms. The number of aromatic hydroxyl groups is 1. The third-order valence-corrected chi connectivity index (χ3v) is 2.90. The number of nitrogens with one attached hydrogen (secondary N) is 2. The van der Waals surface area contributed by atoms with Crippen LogP contribution in [0.2, 0.25) is 0 Å².